The van der Waals surface area contributed by atoms with Crippen LogP contribution in [0.4, 0.5) is 5.69 Å². The lowest BCUT2D eigenvalue weighted by Crippen LogP contribution is -2.31. The summed E-state index contributed by atoms with van der Waals surface area (Å²) in [5.41, 5.74) is 10.8. The van der Waals surface area contributed by atoms with Gasteiger partial charge in [0, 0.05) is 49.1 Å². The highest BCUT2D eigenvalue weighted by atomic mass is 35.5. The number of nitrogens with two attached hydrogens (primary N) is 1. The summed E-state index contributed by atoms with van der Waals surface area (Å²) in [7, 11) is 0. The number of benzene rings is 2. The molecule has 0 saturated heterocycles. The topological polar surface area (TPSA) is 55.0 Å². The van der Waals surface area contributed by atoms with Crippen LogP contribution in [0, 0.1) is 0 Å². The normalized spacial score (nSPS) is 14.2. The molecular formula is C20H18Cl2N4. The van der Waals surface area contributed by atoms with Crippen LogP contribution in [0.5, 0.6) is 0 Å². The van der Waals surface area contributed by atoms with Crippen molar-refractivity contribution in [3.63, 3.8) is 0 Å². The Kier molecular flexibility index (Phi) is 4.81. The van der Waals surface area contributed by atoms with Gasteiger partial charge in [0.05, 0.1) is 15.7 Å². The molecular weight excluding hydrogens is 367 g/mol. The number of hydrogen-bond donors (Lipinski definition) is 1. The predicted molar refractivity (Wildman–Crippen MR) is 106 cm³/mol. The van der Waals surface area contributed by atoms with Crippen molar-refractivity contribution >= 4 is 28.9 Å². The van der Waals surface area contributed by atoms with Crippen LogP contribution in [0.25, 0.3) is 11.4 Å². The van der Waals surface area contributed by atoms with Gasteiger partial charge in [0.25, 0.3) is 0 Å². The van der Waals surface area contributed by atoms with Gasteiger partial charge < -0.3 is 5.73 Å². The zero-order chi connectivity index (χ0) is 18.1. The molecule has 1 aromatic heterocycles. The first kappa shape index (κ1) is 17.3. The van der Waals surface area contributed by atoms with Gasteiger partial charge in [0.15, 0.2) is 5.82 Å². The second-order valence-corrected chi connectivity index (χ2v) is 7.25. The molecule has 132 valence electrons. The fourth-order valence-corrected chi connectivity index (χ4v) is 3.57. The van der Waals surface area contributed by atoms with Gasteiger partial charge in [-0.15, -0.1) is 0 Å². The minimum Gasteiger partial charge on any atom is -0.399 e. The number of fused-ring (bicyclic) bond motifs is 1. The van der Waals surface area contributed by atoms with Crippen molar-refractivity contribution in [3.8, 4) is 11.4 Å². The van der Waals surface area contributed by atoms with Crippen LogP contribution in [-0.2, 0) is 19.5 Å². The van der Waals surface area contributed by atoms with Gasteiger partial charge in [-0.1, -0.05) is 35.3 Å². The number of anilines is 1. The second kappa shape index (κ2) is 7.23. The van der Waals surface area contributed by atoms with Crippen molar-refractivity contribution in [2.45, 2.75) is 19.5 Å². The summed E-state index contributed by atoms with van der Waals surface area (Å²) < 4.78 is 0. The molecule has 0 radical (unpaired) electrons. The minimum absolute atomic E-state index is 0.595. The van der Waals surface area contributed by atoms with Crippen molar-refractivity contribution in [1.29, 1.82) is 0 Å². The van der Waals surface area contributed by atoms with Crippen molar-refractivity contribution in [1.82, 2.24) is 14.9 Å². The maximum Gasteiger partial charge on any atom is 0.159 e. The average molecular weight is 385 g/mol. The van der Waals surface area contributed by atoms with E-state index in [-0.39, 0.29) is 0 Å². The summed E-state index contributed by atoms with van der Waals surface area (Å²) in [6.07, 6.45) is 2.82. The zero-order valence-electron chi connectivity index (χ0n) is 14.1. The molecule has 3 aromatic rings. The number of hydrogen-bond acceptors (Lipinski definition) is 4. The largest absolute Gasteiger partial charge is 0.399 e. The first-order valence-electron chi connectivity index (χ1n) is 8.46. The quantitative estimate of drug-likeness (QED) is 0.670. The Morgan fingerprint density at radius 1 is 1.08 bits per heavy atom. The summed E-state index contributed by atoms with van der Waals surface area (Å²) in [6.45, 7) is 2.49. The van der Waals surface area contributed by atoms with Gasteiger partial charge in [0.1, 0.15) is 0 Å². The monoisotopic (exact) mass is 384 g/mol. The number of halogens is 2. The van der Waals surface area contributed by atoms with Crippen LogP contribution in [-0.4, -0.2) is 21.4 Å². The Labute approximate surface area is 162 Å². The van der Waals surface area contributed by atoms with E-state index < -0.39 is 0 Å². The number of nitrogens with zero attached hydrogens (tertiary/aromatic N) is 3. The third-order valence-corrected chi connectivity index (χ3v) is 5.47. The van der Waals surface area contributed by atoms with Gasteiger partial charge in [-0.3, -0.25) is 4.90 Å². The molecule has 2 heterocycles. The summed E-state index contributed by atoms with van der Waals surface area (Å²) in [4.78, 5) is 11.6. The first-order valence-corrected chi connectivity index (χ1v) is 9.21. The number of rotatable bonds is 3. The van der Waals surface area contributed by atoms with Crippen molar-refractivity contribution < 1.29 is 0 Å². The minimum atomic E-state index is 0.595. The van der Waals surface area contributed by atoms with Gasteiger partial charge in [-0.2, -0.15) is 0 Å². The van der Waals surface area contributed by atoms with Crippen LogP contribution < -0.4 is 5.73 Å². The molecule has 0 atom stereocenters. The molecule has 26 heavy (non-hydrogen) atoms. The van der Waals surface area contributed by atoms with Crippen LogP contribution in [0.2, 0.25) is 10.0 Å². The third-order valence-electron chi connectivity index (χ3n) is 4.61. The lowest BCUT2D eigenvalue weighted by molar-refractivity contribution is 0.243. The molecule has 4 rings (SSSR count). The number of aromatic nitrogens is 2. The Balaban J connectivity index is 1.52. The molecule has 0 aliphatic carbocycles. The fraction of sp³-hybridized carbons (Fsp3) is 0.200. The highest BCUT2D eigenvalue weighted by molar-refractivity contribution is 6.42. The van der Waals surface area contributed by atoms with Crippen molar-refractivity contribution in [3.05, 3.63) is 75.5 Å². The van der Waals surface area contributed by atoms with E-state index in [4.69, 9.17) is 33.9 Å². The summed E-state index contributed by atoms with van der Waals surface area (Å²) in [6, 6.07) is 13.4. The molecule has 1 aliphatic rings. The molecule has 0 saturated carbocycles. The average Bonchev–Trinajstić information content (AvgIpc) is 2.66. The third kappa shape index (κ3) is 3.54. The molecule has 0 spiro atoms. The highest BCUT2D eigenvalue weighted by Crippen LogP contribution is 2.28. The lowest BCUT2D eigenvalue weighted by Gasteiger charge is -2.28. The van der Waals surface area contributed by atoms with E-state index in [2.05, 4.69) is 9.88 Å². The highest BCUT2D eigenvalue weighted by Gasteiger charge is 2.20. The second-order valence-electron chi connectivity index (χ2n) is 6.46. The molecule has 0 bridgehead atoms. The number of nitrogen functional groups attached to an aromatic ring is 1. The maximum absolute atomic E-state index is 6.32. The SMILES string of the molecule is Nc1ccc(-c2ncc3c(n2)CCN(Cc2cccc(Cl)c2Cl)C3)cc1. The molecule has 4 nitrogen and oxygen atoms in total. The fourth-order valence-electron chi connectivity index (χ4n) is 3.19. The van der Waals surface area contributed by atoms with Crippen LogP contribution in [0.15, 0.2) is 48.7 Å². The molecule has 0 unspecified atom stereocenters. The van der Waals surface area contributed by atoms with Gasteiger partial charge in [0.2, 0.25) is 0 Å². The van der Waals surface area contributed by atoms with Gasteiger partial charge in [-0.25, -0.2) is 9.97 Å². The molecule has 2 aromatic carbocycles. The zero-order valence-corrected chi connectivity index (χ0v) is 15.6. The maximum atomic E-state index is 6.32. The van der Waals surface area contributed by atoms with E-state index in [1.54, 1.807) is 0 Å². The molecule has 6 heteroatoms. The van der Waals surface area contributed by atoms with Crippen LogP contribution in [0.1, 0.15) is 16.8 Å². The predicted octanol–water partition coefficient (Wildman–Crippen LogP) is 4.59. The Hall–Kier alpha value is -2.14. The van der Waals surface area contributed by atoms with E-state index in [1.165, 1.54) is 0 Å². The van der Waals surface area contributed by atoms with Crippen molar-refractivity contribution in [2.24, 2.45) is 0 Å². The summed E-state index contributed by atoms with van der Waals surface area (Å²) >= 11 is 12.4. The Bertz CT molecular complexity index is 941. The van der Waals surface area contributed by atoms with Crippen LogP contribution >= 0.6 is 23.2 Å². The summed E-state index contributed by atoms with van der Waals surface area (Å²) in [5.74, 6) is 0.745. The summed E-state index contributed by atoms with van der Waals surface area (Å²) in [5, 5.41) is 1.23. The molecule has 2 N–H and O–H groups in total. The van der Waals surface area contributed by atoms with Gasteiger partial charge in [-0.05, 0) is 35.9 Å². The van der Waals surface area contributed by atoms with E-state index in [0.29, 0.717) is 10.0 Å². The van der Waals surface area contributed by atoms with Crippen molar-refractivity contribution in [2.75, 3.05) is 12.3 Å². The molecule has 0 amide bonds. The Morgan fingerprint density at radius 2 is 1.88 bits per heavy atom. The first-order chi connectivity index (χ1) is 12.6. The van der Waals surface area contributed by atoms with E-state index >= 15 is 0 Å². The van der Waals surface area contributed by atoms with Crippen LogP contribution in [0.3, 0.4) is 0 Å². The molecule has 0 fully saturated rings. The van der Waals surface area contributed by atoms with E-state index in [1.807, 2.05) is 48.7 Å². The smallest absolute Gasteiger partial charge is 0.159 e. The van der Waals surface area contributed by atoms with Gasteiger partial charge >= 0.3 is 0 Å². The lowest BCUT2D eigenvalue weighted by atomic mass is 10.1. The standard InChI is InChI=1S/C20H18Cl2N4/c21-17-3-1-2-14(19(17)22)11-26-9-8-18-15(12-26)10-24-20(25-18)13-4-6-16(23)7-5-13/h1-7,10H,8-9,11-12,23H2. The Morgan fingerprint density at radius 3 is 2.69 bits per heavy atom. The molecule has 1 aliphatic heterocycles. The van der Waals surface area contributed by atoms with E-state index in [0.717, 1.165) is 60.0 Å². The van der Waals surface area contributed by atoms with E-state index in [9.17, 15) is 0 Å².